The quantitative estimate of drug-likeness (QED) is 0.561. The Hall–Kier alpha value is -0.920. The molecule has 0 aromatic heterocycles. The van der Waals surface area contributed by atoms with Crippen LogP contribution in [0.25, 0.3) is 0 Å². The van der Waals surface area contributed by atoms with Gasteiger partial charge in [0.1, 0.15) is 5.71 Å². The van der Waals surface area contributed by atoms with Crippen LogP contribution in [0.5, 0.6) is 0 Å². The van der Waals surface area contributed by atoms with Gasteiger partial charge in [-0.25, -0.2) is 0 Å². The minimum atomic E-state index is 0.0952. The van der Waals surface area contributed by atoms with Crippen LogP contribution in [0.15, 0.2) is 16.6 Å². The van der Waals surface area contributed by atoms with Crippen molar-refractivity contribution in [3.63, 3.8) is 0 Å². The smallest absolute Gasteiger partial charge is 0.177 e. The standard InChI is InChI=1S/C9H13NO/c1-3-8-5-4-6-10-9(8)7(2)11/h3H,4-6H2,1-2H3/b8-3+. The lowest BCUT2D eigenvalue weighted by atomic mass is 9.99. The molecule has 60 valence electrons. The number of ketones is 1. The van der Waals surface area contributed by atoms with Crippen molar-refractivity contribution in [2.24, 2.45) is 4.99 Å². The Bertz CT molecular complexity index is 226. The van der Waals surface area contributed by atoms with E-state index in [2.05, 4.69) is 4.99 Å². The third-order valence-electron chi connectivity index (χ3n) is 1.86. The zero-order valence-electron chi connectivity index (χ0n) is 7.05. The van der Waals surface area contributed by atoms with Gasteiger partial charge in [-0.15, -0.1) is 0 Å². The number of hydrogen-bond acceptors (Lipinski definition) is 2. The minimum absolute atomic E-state index is 0.0952. The molecule has 1 aliphatic rings. The molecule has 0 saturated heterocycles. The van der Waals surface area contributed by atoms with Crippen molar-refractivity contribution in [1.82, 2.24) is 0 Å². The van der Waals surface area contributed by atoms with Crippen molar-refractivity contribution in [2.75, 3.05) is 6.54 Å². The molecule has 11 heavy (non-hydrogen) atoms. The van der Waals surface area contributed by atoms with Gasteiger partial charge in [0.05, 0.1) is 0 Å². The molecular weight excluding hydrogens is 138 g/mol. The summed E-state index contributed by atoms with van der Waals surface area (Å²) in [7, 11) is 0. The second-order valence-electron chi connectivity index (χ2n) is 2.70. The molecule has 0 saturated carbocycles. The van der Waals surface area contributed by atoms with Crippen LogP contribution in [0, 0.1) is 0 Å². The molecule has 0 unspecified atom stereocenters. The third-order valence-corrected chi connectivity index (χ3v) is 1.86. The van der Waals surface area contributed by atoms with E-state index < -0.39 is 0 Å². The first-order valence-corrected chi connectivity index (χ1v) is 3.96. The molecule has 1 heterocycles. The van der Waals surface area contributed by atoms with Crippen LogP contribution < -0.4 is 0 Å². The van der Waals surface area contributed by atoms with E-state index in [1.54, 1.807) is 6.92 Å². The lowest BCUT2D eigenvalue weighted by molar-refractivity contribution is -0.111. The summed E-state index contributed by atoms with van der Waals surface area (Å²) in [5.74, 6) is 0.0952. The van der Waals surface area contributed by atoms with Crippen molar-refractivity contribution in [2.45, 2.75) is 26.7 Å². The molecule has 0 aliphatic carbocycles. The van der Waals surface area contributed by atoms with E-state index in [0.717, 1.165) is 25.0 Å². The molecule has 0 spiro atoms. The molecule has 0 aromatic carbocycles. The topological polar surface area (TPSA) is 29.4 Å². The first kappa shape index (κ1) is 8.18. The maximum Gasteiger partial charge on any atom is 0.177 e. The minimum Gasteiger partial charge on any atom is -0.293 e. The fourth-order valence-electron chi connectivity index (χ4n) is 1.30. The lowest BCUT2D eigenvalue weighted by Crippen LogP contribution is -2.17. The predicted molar refractivity (Wildman–Crippen MR) is 46.0 cm³/mol. The first-order valence-electron chi connectivity index (χ1n) is 3.96. The Morgan fingerprint density at radius 3 is 2.82 bits per heavy atom. The summed E-state index contributed by atoms with van der Waals surface area (Å²) < 4.78 is 0. The summed E-state index contributed by atoms with van der Waals surface area (Å²) in [4.78, 5) is 15.2. The summed E-state index contributed by atoms with van der Waals surface area (Å²) in [5, 5.41) is 0. The van der Waals surface area contributed by atoms with Gasteiger partial charge in [-0.1, -0.05) is 6.08 Å². The maximum atomic E-state index is 11.0. The SMILES string of the molecule is C/C=C1\CCCN=C1C(C)=O. The third kappa shape index (κ3) is 1.76. The number of aliphatic imine (C=N–C) groups is 1. The fraction of sp³-hybridized carbons (Fsp3) is 0.556. The van der Waals surface area contributed by atoms with Gasteiger partial charge in [0.2, 0.25) is 0 Å². The summed E-state index contributed by atoms with van der Waals surface area (Å²) in [6.45, 7) is 4.35. The van der Waals surface area contributed by atoms with Gasteiger partial charge in [-0.2, -0.15) is 0 Å². The molecule has 1 aliphatic heterocycles. The van der Waals surface area contributed by atoms with E-state index in [1.807, 2.05) is 13.0 Å². The number of Topliss-reactive ketones (excluding diaryl/α,β-unsaturated/α-hetero) is 1. The molecule has 2 heteroatoms. The maximum absolute atomic E-state index is 11.0. The van der Waals surface area contributed by atoms with E-state index in [0.29, 0.717) is 5.71 Å². The number of hydrogen-bond donors (Lipinski definition) is 0. The molecule has 0 aromatic rings. The molecular formula is C9H13NO. The number of nitrogens with zero attached hydrogens (tertiary/aromatic N) is 1. The second-order valence-corrected chi connectivity index (χ2v) is 2.70. The number of carbonyl (C=O) groups excluding carboxylic acids is 1. The van der Waals surface area contributed by atoms with E-state index in [4.69, 9.17) is 0 Å². The van der Waals surface area contributed by atoms with Crippen molar-refractivity contribution in [3.05, 3.63) is 11.6 Å². The largest absolute Gasteiger partial charge is 0.293 e. The molecule has 0 bridgehead atoms. The zero-order chi connectivity index (χ0) is 8.27. The fourth-order valence-corrected chi connectivity index (χ4v) is 1.30. The Morgan fingerprint density at radius 1 is 1.64 bits per heavy atom. The van der Waals surface area contributed by atoms with Crippen molar-refractivity contribution in [3.8, 4) is 0 Å². The average molecular weight is 151 g/mol. The Labute approximate surface area is 67.0 Å². The highest BCUT2D eigenvalue weighted by molar-refractivity contribution is 6.45. The molecule has 0 fully saturated rings. The molecule has 2 nitrogen and oxygen atoms in total. The second kappa shape index (κ2) is 3.46. The summed E-state index contributed by atoms with van der Waals surface area (Å²) in [5.41, 5.74) is 1.81. The zero-order valence-corrected chi connectivity index (χ0v) is 7.05. The number of rotatable bonds is 1. The molecule has 1 rings (SSSR count). The number of carbonyl (C=O) groups is 1. The predicted octanol–water partition coefficient (Wildman–Crippen LogP) is 1.76. The van der Waals surface area contributed by atoms with Crippen LogP contribution in [0.2, 0.25) is 0 Å². The van der Waals surface area contributed by atoms with E-state index in [-0.39, 0.29) is 5.78 Å². The van der Waals surface area contributed by atoms with Crippen LogP contribution >= 0.6 is 0 Å². The van der Waals surface area contributed by atoms with Gasteiger partial charge in [0.25, 0.3) is 0 Å². The van der Waals surface area contributed by atoms with E-state index in [1.165, 1.54) is 0 Å². The highest BCUT2D eigenvalue weighted by Gasteiger charge is 2.14. The summed E-state index contributed by atoms with van der Waals surface area (Å²) in [6.07, 6.45) is 4.07. The average Bonchev–Trinajstić information content (AvgIpc) is 2.04. The number of allylic oxidation sites excluding steroid dienone is 2. The lowest BCUT2D eigenvalue weighted by Gasteiger charge is -2.12. The highest BCUT2D eigenvalue weighted by Crippen LogP contribution is 2.13. The Kier molecular flexibility index (Phi) is 2.58. The van der Waals surface area contributed by atoms with Gasteiger partial charge in [-0.3, -0.25) is 9.79 Å². The monoisotopic (exact) mass is 151 g/mol. The van der Waals surface area contributed by atoms with Crippen LogP contribution in [-0.4, -0.2) is 18.0 Å². The molecule has 0 radical (unpaired) electrons. The summed E-state index contributed by atoms with van der Waals surface area (Å²) >= 11 is 0. The normalized spacial score (nSPS) is 21.6. The van der Waals surface area contributed by atoms with Gasteiger partial charge in [-0.05, 0) is 25.3 Å². The summed E-state index contributed by atoms with van der Waals surface area (Å²) in [6, 6.07) is 0. The van der Waals surface area contributed by atoms with Crippen LogP contribution in [-0.2, 0) is 4.79 Å². The van der Waals surface area contributed by atoms with Crippen LogP contribution in [0.4, 0.5) is 0 Å². The van der Waals surface area contributed by atoms with Crippen molar-refractivity contribution in [1.29, 1.82) is 0 Å². The van der Waals surface area contributed by atoms with E-state index >= 15 is 0 Å². The van der Waals surface area contributed by atoms with Crippen LogP contribution in [0.1, 0.15) is 26.7 Å². The Balaban J connectivity index is 2.89. The van der Waals surface area contributed by atoms with Crippen LogP contribution in [0.3, 0.4) is 0 Å². The molecule has 0 atom stereocenters. The molecule has 0 N–H and O–H groups in total. The molecule has 0 amide bonds. The van der Waals surface area contributed by atoms with Gasteiger partial charge in [0, 0.05) is 13.5 Å². The highest BCUT2D eigenvalue weighted by atomic mass is 16.1. The van der Waals surface area contributed by atoms with Crippen molar-refractivity contribution >= 4 is 11.5 Å². The van der Waals surface area contributed by atoms with Gasteiger partial charge < -0.3 is 0 Å². The Morgan fingerprint density at radius 2 is 2.36 bits per heavy atom. The van der Waals surface area contributed by atoms with Gasteiger partial charge >= 0.3 is 0 Å². The van der Waals surface area contributed by atoms with E-state index in [9.17, 15) is 4.79 Å². The first-order chi connectivity index (χ1) is 5.25. The van der Waals surface area contributed by atoms with Crippen molar-refractivity contribution < 1.29 is 4.79 Å². The van der Waals surface area contributed by atoms with Gasteiger partial charge in [0.15, 0.2) is 5.78 Å².